The number of aliphatic hydroxyl groups excluding tert-OH is 1. The van der Waals surface area contributed by atoms with Crippen molar-refractivity contribution in [1.82, 2.24) is 0 Å². The quantitative estimate of drug-likeness (QED) is 0.792. The van der Waals surface area contributed by atoms with E-state index in [4.69, 9.17) is 5.73 Å². The van der Waals surface area contributed by atoms with E-state index in [0.717, 1.165) is 17.5 Å². The maximum absolute atomic E-state index is 10.4. The second kappa shape index (κ2) is 4.46. The average Bonchev–Trinajstić information content (AvgIpc) is 2.85. The molecule has 0 heterocycles. The molecule has 1 atom stereocenters. The molecule has 1 aliphatic rings. The normalized spacial score (nSPS) is 15.4. The van der Waals surface area contributed by atoms with Gasteiger partial charge in [0, 0.05) is 5.69 Å². The van der Waals surface area contributed by atoms with Gasteiger partial charge in [-0.2, -0.15) is 0 Å². The maximum atomic E-state index is 10.4. The van der Waals surface area contributed by atoms with Crippen molar-refractivity contribution in [2.75, 3.05) is 5.73 Å². The molecule has 18 heavy (non-hydrogen) atoms. The molecule has 0 aliphatic heterocycles. The van der Waals surface area contributed by atoms with Crippen molar-refractivity contribution in [3.63, 3.8) is 0 Å². The van der Waals surface area contributed by atoms with E-state index >= 15 is 0 Å². The minimum absolute atomic E-state index is 0.584. The van der Waals surface area contributed by atoms with Crippen LogP contribution in [0, 0.1) is 0 Å². The van der Waals surface area contributed by atoms with E-state index in [9.17, 15) is 5.11 Å². The molecule has 2 nitrogen and oxygen atoms in total. The Bertz CT molecular complexity index is 577. The Kier molecular flexibility index (Phi) is 2.80. The summed E-state index contributed by atoms with van der Waals surface area (Å²) in [6.07, 6.45) is 2.95. The second-order valence-corrected chi connectivity index (χ2v) is 4.95. The van der Waals surface area contributed by atoms with Crippen molar-refractivity contribution in [2.45, 2.75) is 25.4 Å². The summed E-state index contributed by atoms with van der Waals surface area (Å²) in [6, 6.07) is 13.8. The monoisotopic (exact) mass is 239 g/mol. The van der Waals surface area contributed by atoms with E-state index in [0.29, 0.717) is 5.69 Å². The van der Waals surface area contributed by atoms with E-state index in [1.807, 2.05) is 30.3 Å². The van der Waals surface area contributed by atoms with Crippen molar-refractivity contribution in [1.29, 1.82) is 0 Å². The third-order valence-corrected chi connectivity index (χ3v) is 3.66. The molecule has 1 aliphatic carbocycles. The first kappa shape index (κ1) is 11.3. The summed E-state index contributed by atoms with van der Waals surface area (Å²) >= 11 is 0. The van der Waals surface area contributed by atoms with Gasteiger partial charge in [0.25, 0.3) is 0 Å². The van der Waals surface area contributed by atoms with Gasteiger partial charge in [-0.3, -0.25) is 0 Å². The summed E-state index contributed by atoms with van der Waals surface area (Å²) in [6.45, 7) is 0. The number of anilines is 1. The maximum Gasteiger partial charge on any atom is 0.104 e. The van der Waals surface area contributed by atoms with Crippen LogP contribution in [0.5, 0.6) is 0 Å². The molecule has 2 aromatic rings. The van der Waals surface area contributed by atoms with Gasteiger partial charge >= 0.3 is 0 Å². The first-order chi connectivity index (χ1) is 8.74. The van der Waals surface area contributed by atoms with Crippen molar-refractivity contribution in [3.05, 3.63) is 64.7 Å². The predicted molar refractivity (Wildman–Crippen MR) is 73.4 cm³/mol. The molecule has 0 fully saturated rings. The van der Waals surface area contributed by atoms with Crippen LogP contribution in [0.4, 0.5) is 5.69 Å². The number of rotatable bonds is 2. The summed E-state index contributed by atoms with van der Waals surface area (Å²) in [5.74, 6) is 0. The Morgan fingerprint density at radius 1 is 0.944 bits per heavy atom. The number of hydrogen-bond donors (Lipinski definition) is 2. The Balaban J connectivity index is 1.95. The van der Waals surface area contributed by atoms with E-state index in [1.54, 1.807) is 0 Å². The molecule has 92 valence electrons. The lowest BCUT2D eigenvalue weighted by Gasteiger charge is -2.13. The summed E-state index contributed by atoms with van der Waals surface area (Å²) in [5.41, 5.74) is 11.1. The van der Waals surface area contributed by atoms with Crippen molar-refractivity contribution in [3.8, 4) is 0 Å². The fourth-order valence-corrected chi connectivity index (χ4v) is 2.68. The van der Waals surface area contributed by atoms with Gasteiger partial charge in [-0.15, -0.1) is 0 Å². The Labute approximate surface area is 107 Å². The predicted octanol–water partition coefficient (Wildman–Crippen LogP) is 2.84. The Morgan fingerprint density at radius 3 is 2.56 bits per heavy atom. The molecule has 0 saturated heterocycles. The van der Waals surface area contributed by atoms with Crippen LogP contribution in [0.15, 0.2) is 42.5 Å². The van der Waals surface area contributed by atoms with E-state index in [2.05, 4.69) is 12.1 Å². The lowest BCUT2D eigenvalue weighted by Crippen LogP contribution is -2.01. The van der Waals surface area contributed by atoms with Crippen LogP contribution >= 0.6 is 0 Å². The van der Waals surface area contributed by atoms with E-state index in [-0.39, 0.29) is 0 Å². The fourth-order valence-electron chi connectivity index (χ4n) is 2.68. The van der Waals surface area contributed by atoms with Crippen LogP contribution in [0.25, 0.3) is 0 Å². The molecule has 0 radical (unpaired) electrons. The van der Waals surface area contributed by atoms with Gasteiger partial charge in [0.15, 0.2) is 0 Å². The van der Waals surface area contributed by atoms with Gasteiger partial charge < -0.3 is 10.8 Å². The highest BCUT2D eigenvalue weighted by atomic mass is 16.3. The van der Waals surface area contributed by atoms with E-state index < -0.39 is 6.10 Å². The molecule has 3 rings (SSSR count). The largest absolute Gasteiger partial charge is 0.399 e. The highest BCUT2D eigenvalue weighted by Crippen LogP contribution is 2.28. The topological polar surface area (TPSA) is 46.2 Å². The smallest absolute Gasteiger partial charge is 0.104 e. The van der Waals surface area contributed by atoms with Crippen LogP contribution in [0.2, 0.25) is 0 Å². The minimum atomic E-state index is -0.584. The minimum Gasteiger partial charge on any atom is -0.399 e. The summed E-state index contributed by atoms with van der Waals surface area (Å²) < 4.78 is 0. The molecule has 2 aromatic carbocycles. The molecule has 0 bridgehead atoms. The Hall–Kier alpha value is -1.80. The first-order valence-electron chi connectivity index (χ1n) is 6.39. The van der Waals surface area contributed by atoms with Gasteiger partial charge in [0.2, 0.25) is 0 Å². The van der Waals surface area contributed by atoms with Gasteiger partial charge in [-0.25, -0.2) is 0 Å². The fraction of sp³-hybridized carbons (Fsp3) is 0.250. The van der Waals surface area contributed by atoms with Gasteiger partial charge in [-0.1, -0.05) is 30.3 Å². The van der Waals surface area contributed by atoms with Gasteiger partial charge in [0.1, 0.15) is 6.10 Å². The third-order valence-electron chi connectivity index (χ3n) is 3.66. The second-order valence-electron chi connectivity index (χ2n) is 4.95. The van der Waals surface area contributed by atoms with Crippen LogP contribution in [-0.4, -0.2) is 5.11 Å². The van der Waals surface area contributed by atoms with Gasteiger partial charge in [0.05, 0.1) is 0 Å². The number of hydrogen-bond acceptors (Lipinski definition) is 2. The van der Waals surface area contributed by atoms with Crippen LogP contribution in [-0.2, 0) is 12.8 Å². The molecule has 1 unspecified atom stereocenters. The summed E-state index contributed by atoms with van der Waals surface area (Å²) in [5, 5.41) is 10.4. The number of fused-ring (bicyclic) bond motifs is 1. The van der Waals surface area contributed by atoms with Crippen LogP contribution in [0.1, 0.15) is 34.8 Å². The van der Waals surface area contributed by atoms with Crippen LogP contribution in [0.3, 0.4) is 0 Å². The number of benzene rings is 2. The standard InChI is InChI=1S/C16H17NO/c17-15-6-2-5-13(10-15)16(18)14-8-7-11-3-1-4-12(11)9-14/h2,5-10,16,18H,1,3-4,17H2. The molecule has 0 spiro atoms. The molecule has 0 aromatic heterocycles. The molecule has 3 N–H and O–H groups in total. The number of aryl methyl sites for hydroxylation is 2. The van der Waals surface area contributed by atoms with Crippen molar-refractivity contribution >= 4 is 5.69 Å². The van der Waals surface area contributed by atoms with Crippen molar-refractivity contribution in [2.24, 2.45) is 0 Å². The number of nitrogens with two attached hydrogens (primary N) is 1. The molecule has 2 heteroatoms. The molecular weight excluding hydrogens is 222 g/mol. The van der Waals surface area contributed by atoms with Crippen LogP contribution < -0.4 is 5.73 Å². The lowest BCUT2D eigenvalue weighted by molar-refractivity contribution is 0.220. The lowest BCUT2D eigenvalue weighted by atomic mass is 9.98. The van der Waals surface area contributed by atoms with E-state index in [1.165, 1.54) is 24.0 Å². The molecule has 0 amide bonds. The zero-order valence-corrected chi connectivity index (χ0v) is 10.3. The summed E-state index contributed by atoms with van der Waals surface area (Å²) in [7, 11) is 0. The van der Waals surface area contributed by atoms with Crippen molar-refractivity contribution < 1.29 is 5.11 Å². The summed E-state index contributed by atoms with van der Waals surface area (Å²) in [4.78, 5) is 0. The molecular formula is C16H17NO. The zero-order chi connectivity index (χ0) is 12.5. The van der Waals surface area contributed by atoms with Gasteiger partial charge in [-0.05, 0) is 53.6 Å². The first-order valence-corrected chi connectivity index (χ1v) is 6.39. The number of aliphatic hydroxyl groups is 1. The third kappa shape index (κ3) is 2.00. The zero-order valence-electron chi connectivity index (χ0n) is 10.3. The average molecular weight is 239 g/mol. The SMILES string of the molecule is Nc1cccc(C(O)c2ccc3c(c2)CCC3)c1. The highest BCUT2D eigenvalue weighted by molar-refractivity contribution is 5.45. The molecule has 0 saturated carbocycles. The Morgan fingerprint density at radius 2 is 1.72 bits per heavy atom. The number of nitrogen functional groups attached to an aromatic ring is 1. The highest BCUT2D eigenvalue weighted by Gasteiger charge is 2.15.